The highest BCUT2D eigenvalue weighted by Crippen LogP contribution is 2.34. The molecule has 1 fully saturated rings. The van der Waals surface area contributed by atoms with Gasteiger partial charge in [0.1, 0.15) is 11.9 Å². The summed E-state index contributed by atoms with van der Waals surface area (Å²) in [5.74, 6) is -0.199. The smallest absolute Gasteiger partial charge is 0.292 e. The van der Waals surface area contributed by atoms with Crippen molar-refractivity contribution in [2.24, 2.45) is 0 Å². The summed E-state index contributed by atoms with van der Waals surface area (Å²) < 4.78 is 0. The molecule has 0 aliphatic carbocycles. The van der Waals surface area contributed by atoms with Crippen LogP contribution in [0.2, 0.25) is 0 Å². The standard InChI is InChI=1S/C25H25N5O3/c31-25-20-8-4-5-9-21(20)26-24(27-25)19-10-11-22(23(16-19)30(32)33)29-14-12-28(13-15-29)17-18-6-2-1-3-7-18/h1-11,16,24,26H,12-15,17H2,(H,27,31)/t24-/m0/s1. The molecule has 3 aromatic carbocycles. The summed E-state index contributed by atoms with van der Waals surface area (Å²) in [5, 5.41) is 18.1. The average molecular weight is 444 g/mol. The van der Waals surface area contributed by atoms with Crippen molar-refractivity contribution in [2.75, 3.05) is 36.4 Å². The van der Waals surface area contributed by atoms with E-state index in [1.165, 1.54) is 5.56 Å². The maximum absolute atomic E-state index is 12.5. The third-order valence-corrected chi connectivity index (χ3v) is 6.24. The van der Waals surface area contributed by atoms with Crippen LogP contribution in [0.1, 0.15) is 27.7 Å². The van der Waals surface area contributed by atoms with E-state index in [1.54, 1.807) is 24.3 Å². The summed E-state index contributed by atoms with van der Waals surface area (Å²) >= 11 is 0. The number of benzene rings is 3. The molecule has 8 heteroatoms. The van der Waals surface area contributed by atoms with E-state index >= 15 is 0 Å². The molecule has 0 spiro atoms. The number of anilines is 2. The monoisotopic (exact) mass is 443 g/mol. The Labute approximate surface area is 192 Å². The van der Waals surface area contributed by atoms with Gasteiger partial charge in [0.05, 0.1) is 10.5 Å². The van der Waals surface area contributed by atoms with Gasteiger partial charge < -0.3 is 15.5 Å². The number of hydrogen-bond acceptors (Lipinski definition) is 6. The van der Waals surface area contributed by atoms with Crippen LogP contribution in [0.5, 0.6) is 0 Å². The topological polar surface area (TPSA) is 90.8 Å². The van der Waals surface area contributed by atoms with Crippen LogP contribution in [0.3, 0.4) is 0 Å². The predicted molar refractivity (Wildman–Crippen MR) is 127 cm³/mol. The lowest BCUT2D eigenvalue weighted by Crippen LogP contribution is -2.46. The lowest BCUT2D eigenvalue weighted by Gasteiger charge is -2.36. The highest BCUT2D eigenvalue weighted by atomic mass is 16.6. The second-order valence-corrected chi connectivity index (χ2v) is 8.35. The van der Waals surface area contributed by atoms with E-state index in [1.807, 2.05) is 36.4 Å². The van der Waals surface area contributed by atoms with E-state index in [2.05, 4.69) is 32.6 Å². The molecule has 2 N–H and O–H groups in total. The molecule has 0 bridgehead atoms. The van der Waals surface area contributed by atoms with Crippen LogP contribution < -0.4 is 15.5 Å². The molecule has 168 valence electrons. The molecule has 2 aliphatic rings. The lowest BCUT2D eigenvalue weighted by molar-refractivity contribution is -0.384. The van der Waals surface area contributed by atoms with Crippen LogP contribution >= 0.6 is 0 Å². The highest BCUT2D eigenvalue weighted by molar-refractivity contribution is 6.01. The van der Waals surface area contributed by atoms with Crippen molar-refractivity contribution in [1.29, 1.82) is 0 Å². The summed E-state index contributed by atoms with van der Waals surface area (Å²) in [7, 11) is 0. The Kier molecular flexibility index (Phi) is 5.66. The van der Waals surface area contributed by atoms with E-state index in [0.717, 1.165) is 32.7 Å². The molecule has 1 atom stereocenters. The minimum Gasteiger partial charge on any atom is -0.363 e. The van der Waals surface area contributed by atoms with Crippen LogP contribution in [0, 0.1) is 10.1 Å². The molecule has 5 rings (SSSR count). The minimum atomic E-state index is -0.525. The zero-order valence-electron chi connectivity index (χ0n) is 18.1. The zero-order chi connectivity index (χ0) is 22.8. The summed E-state index contributed by atoms with van der Waals surface area (Å²) in [5.41, 5.74) is 3.87. The van der Waals surface area contributed by atoms with E-state index < -0.39 is 6.17 Å². The maximum atomic E-state index is 12.5. The van der Waals surface area contributed by atoms with E-state index in [9.17, 15) is 14.9 Å². The van der Waals surface area contributed by atoms with Gasteiger partial charge in [-0.15, -0.1) is 0 Å². The number of nitro groups is 1. The van der Waals surface area contributed by atoms with Gasteiger partial charge in [0.15, 0.2) is 0 Å². The summed E-state index contributed by atoms with van der Waals surface area (Å²) in [6, 6.07) is 22.8. The quantitative estimate of drug-likeness (QED) is 0.461. The number of nitrogens with one attached hydrogen (secondary N) is 2. The van der Waals surface area contributed by atoms with Crippen molar-refractivity contribution in [2.45, 2.75) is 12.7 Å². The second-order valence-electron chi connectivity index (χ2n) is 8.35. The zero-order valence-corrected chi connectivity index (χ0v) is 18.1. The Morgan fingerprint density at radius 1 is 0.909 bits per heavy atom. The first-order valence-electron chi connectivity index (χ1n) is 11.0. The number of piperazine rings is 1. The molecule has 0 saturated carbocycles. The number of para-hydroxylation sites is 1. The molecular weight excluding hydrogens is 418 g/mol. The average Bonchev–Trinajstić information content (AvgIpc) is 2.85. The first-order chi connectivity index (χ1) is 16.1. The number of fused-ring (bicyclic) bond motifs is 1. The van der Waals surface area contributed by atoms with E-state index in [0.29, 0.717) is 22.5 Å². The Balaban J connectivity index is 1.32. The van der Waals surface area contributed by atoms with Gasteiger partial charge in [-0.3, -0.25) is 19.8 Å². The van der Waals surface area contributed by atoms with Crippen molar-refractivity contribution in [3.8, 4) is 0 Å². The maximum Gasteiger partial charge on any atom is 0.292 e. The van der Waals surface area contributed by atoms with Crippen LogP contribution in [-0.2, 0) is 6.54 Å². The Morgan fingerprint density at radius 2 is 1.64 bits per heavy atom. The van der Waals surface area contributed by atoms with Crippen molar-refractivity contribution < 1.29 is 9.72 Å². The van der Waals surface area contributed by atoms with Crippen molar-refractivity contribution in [3.63, 3.8) is 0 Å². The lowest BCUT2D eigenvalue weighted by atomic mass is 10.0. The third-order valence-electron chi connectivity index (χ3n) is 6.24. The van der Waals surface area contributed by atoms with Gasteiger partial charge in [0.2, 0.25) is 0 Å². The molecule has 2 heterocycles. The number of rotatable bonds is 5. The van der Waals surface area contributed by atoms with Crippen molar-refractivity contribution >= 4 is 23.0 Å². The Bertz CT molecular complexity index is 1180. The van der Waals surface area contributed by atoms with E-state index in [-0.39, 0.29) is 16.5 Å². The number of nitrogens with zero attached hydrogens (tertiary/aromatic N) is 3. The van der Waals surface area contributed by atoms with Gasteiger partial charge >= 0.3 is 0 Å². The molecule has 8 nitrogen and oxygen atoms in total. The van der Waals surface area contributed by atoms with Crippen LogP contribution in [-0.4, -0.2) is 41.9 Å². The van der Waals surface area contributed by atoms with Gasteiger partial charge in [0, 0.05) is 50.0 Å². The molecule has 0 unspecified atom stereocenters. The molecule has 1 amide bonds. The van der Waals surface area contributed by atoms with Gasteiger partial charge in [-0.1, -0.05) is 48.5 Å². The highest BCUT2D eigenvalue weighted by Gasteiger charge is 2.28. The minimum absolute atomic E-state index is 0.0546. The van der Waals surface area contributed by atoms with Gasteiger partial charge in [-0.25, -0.2) is 0 Å². The molecule has 0 aromatic heterocycles. The van der Waals surface area contributed by atoms with Gasteiger partial charge in [0.25, 0.3) is 11.6 Å². The first-order valence-corrected chi connectivity index (χ1v) is 11.0. The first kappa shape index (κ1) is 21.0. The Hall–Kier alpha value is -3.91. The van der Waals surface area contributed by atoms with E-state index in [4.69, 9.17) is 0 Å². The number of carbonyl (C=O) groups is 1. The molecule has 2 aliphatic heterocycles. The summed E-state index contributed by atoms with van der Waals surface area (Å²) in [4.78, 5) is 28.5. The number of amides is 1. The normalized spacial score (nSPS) is 18.2. The molecule has 1 saturated heterocycles. The summed E-state index contributed by atoms with van der Waals surface area (Å²) in [6.07, 6.45) is -0.525. The van der Waals surface area contributed by atoms with Gasteiger partial charge in [-0.05, 0) is 23.8 Å². The fourth-order valence-corrected chi connectivity index (χ4v) is 4.50. The number of carbonyl (C=O) groups excluding carboxylic acids is 1. The van der Waals surface area contributed by atoms with Crippen LogP contribution in [0.4, 0.5) is 17.1 Å². The molecule has 33 heavy (non-hydrogen) atoms. The molecule has 0 radical (unpaired) electrons. The van der Waals surface area contributed by atoms with Crippen LogP contribution in [0.25, 0.3) is 0 Å². The SMILES string of the molecule is O=C1N[C@@H](c2ccc(N3CCN(Cc4ccccc4)CC3)c([N+](=O)[O-])c2)Nc2ccccc21. The van der Waals surface area contributed by atoms with Crippen molar-refractivity contribution in [3.05, 3.63) is 99.6 Å². The number of hydrogen-bond donors (Lipinski definition) is 2. The fraction of sp³-hybridized carbons (Fsp3) is 0.240. The predicted octanol–water partition coefficient (Wildman–Crippen LogP) is 3.77. The molecule has 3 aromatic rings. The summed E-state index contributed by atoms with van der Waals surface area (Å²) in [6.45, 7) is 4.00. The largest absolute Gasteiger partial charge is 0.363 e. The number of nitro benzene ring substituents is 1. The van der Waals surface area contributed by atoms with Gasteiger partial charge in [-0.2, -0.15) is 0 Å². The fourth-order valence-electron chi connectivity index (χ4n) is 4.50. The van der Waals surface area contributed by atoms with Crippen LogP contribution in [0.15, 0.2) is 72.8 Å². The second kappa shape index (κ2) is 8.91. The Morgan fingerprint density at radius 3 is 2.39 bits per heavy atom. The molecular formula is C25H25N5O3. The third kappa shape index (κ3) is 4.38. The van der Waals surface area contributed by atoms with Crippen molar-refractivity contribution in [1.82, 2.24) is 10.2 Å².